The lowest BCUT2D eigenvalue weighted by molar-refractivity contribution is 0.0600. The molecule has 0 aliphatic carbocycles. The number of hydrazine groups is 1. The van der Waals surface area contributed by atoms with Gasteiger partial charge in [0.05, 0.1) is 7.11 Å². The maximum absolute atomic E-state index is 12.3. The molecule has 0 spiro atoms. The predicted molar refractivity (Wildman–Crippen MR) is 93.7 cm³/mol. The molecule has 132 valence electrons. The van der Waals surface area contributed by atoms with Crippen molar-refractivity contribution in [2.24, 2.45) is 0 Å². The van der Waals surface area contributed by atoms with Gasteiger partial charge in [0.15, 0.2) is 5.82 Å². The molecule has 9 heteroatoms. The molecular weight excluding hydrogens is 336 g/mol. The van der Waals surface area contributed by atoms with Crippen LogP contribution >= 0.6 is 0 Å². The predicted octanol–water partition coefficient (Wildman–Crippen LogP) is 0.926. The highest BCUT2D eigenvalue weighted by atomic mass is 16.5. The number of benzene rings is 1. The Morgan fingerprint density at radius 3 is 2.69 bits per heavy atom. The molecule has 0 amide bonds. The summed E-state index contributed by atoms with van der Waals surface area (Å²) >= 11 is 0. The van der Waals surface area contributed by atoms with Crippen molar-refractivity contribution in [3.05, 3.63) is 76.6 Å². The number of rotatable bonds is 6. The monoisotopic (exact) mass is 352 g/mol. The Morgan fingerprint density at radius 2 is 1.96 bits per heavy atom. The van der Waals surface area contributed by atoms with Crippen LogP contribution in [0.1, 0.15) is 15.9 Å². The lowest BCUT2D eigenvalue weighted by Gasteiger charge is -2.10. The van der Waals surface area contributed by atoms with Crippen LogP contribution in [0.25, 0.3) is 5.82 Å². The normalized spacial score (nSPS) is 10.3. The van der Waals surface area contributed by atoms with Gasteiger partial charge >= 0.3 is 11.7 Å². The molecule has 0 fully saturated rings. The van der Waals surface area contributed by atoms with Crippen LogP contribution in [0.2, 0.25) is 0 Å². The molecule has 2 aromatic heterocycles. The van der Waals surface area contributed by atoms with Gasteiger partial charge in [-0.05, 0) is 17.7 Å². The number of ether oxygens (including phenoxy) is 1. The molecule has 0 aliphatic rings. The summed E-state index contributed by atoms with van der Waals surface area (Å²) in [6.45, 7) is 0.528. The zero-order valence-electron chi connectivity index (χ0n) is 13.9. The van der Waals surface area contributed by atoms with E-state index in [9.17, 15) is 9.59 Å². The Hall–Kier alpha value is -3.59. The van der Waals surface area contributed by atoms with E-state index < -0.39 is 11.7 Å². The highest BCUT2D eigenvalue weighted by Gasteiger charge is 2.16. The van der Waals surface area contributed by atoms with Crippen LogP contribution in [0.4, 0.5) is 5.95 Å². The third-order valence-electron chi connectivity index (χ3n) is 3.46. The highest BCUT2D eigenvalue weighted by molar-refractivity contribution is 5.92. The largest absolute Gasteiger partial charge is 0.465 e. The minimum absolute atomic E-state index is 0.105. The molecule has 0 aliphatic heterocycles. The number of nitrogens with one attached hydrogen (secondary N) is 2. The molecule has 9 nitrogen and oxygen atoms in total. The summed E-state index contributed by atoms with van der Waals surface area (Å²) in [6.07, 6.45) is 2.71. The molecule has 0 saturated carbocycles. The van der Waals surface area contributed by atoms with Crippen LogP contribution in [-0.4, -0.2) is 32.6 Å². The fraction of sp³-hybridized carbons (Fsp3) is 0.118. The van der Waals surface area contributed by atoms with E-state index in [1.54, 1.807) is 6.07 Å². The van der Waals surface area contributed by atoms with Crippen LogP contribution in [-0.2, 0) is 11.3 Å². The fourth-order valence-corrected chi connectivity index (χ4v) is 2.22. The van der Waals surface area contributed by atoms with Crippen molar-refractivity contribution in [2.75, 3.05) is 12.5 Å². The van der Waals surface area contributed by atoms with E-state index in [2.05, 4.69) is 25.8 Å². The summed E-state index contributed by atoms with van der Waals surface area (Å²) in [4.78, 5) is 36.1. The summed E-state index contributed by atoms with van der Waals surface area (Å²) < 4.78 is 5.78. The van der Waals surface area contributed by atoms with Crippen LogP contribution in [0.3, 0.4) is 0 Å². The number of anilines is 1. The van der Waals surface area contributed by atoms with Gasteiger partial charge in [0.2, 0.25) is 5.95 Å². The Labute approximate surface area is 148 Å². The number of hydrogen-bond donors (Lipinski definition) is 2. The Balaban J connectivity index is 1.76. The zero-order chi connectivity index (χ0) is 18.4. The lowest BCUT2D eigenvalue weighted by atomic mass is 10.2. The molecule has 0 unspecified atom stereocenters. The maximum Gasteiger partial charge on any atom is 0.357 e. The van der Waals surface area contributed by atoms with E-state index in [1.165, 1.54) is 25.7 Å². The molecule has 3 aromatic rings. The van der Waals surface area contributed by atoms with Gasteiger partial charge in [0.1, 0.15) is 11.9 Å². The highest BCUT2D eigenvalue weighted by Crippen LogP contribution is 2.10. The Bertz CT molecular complexity index is 958. The van der Waals surface area contributed by atoms with Crippen LogP contribution in [0.15, 0.2) is 59.8 Å². The van der Waals surface area contributed by atoms with E-state index in [-0.39, 0.29) is 17.3 Å². The number of pyridine rings is 1. The van der Waals surface area contributed by atoms with Gasteiger partial charge in [0.25, 0.3) is 0 Å². The molecule has 0 bridgehead atoms. The van der Waals surface area contributed by atoms with Gasteiger partial charge in [-0.3, -0.25) is 5.43 Å². The first-order valence-electron chi connectivity index (χ1n) is 7.71. The van der Waals surface area contributed by atoms with Crippen LogP contribution in [0, 0.1) is 0 Å². The van der Waals surface area contributed by atoms with E-state index in [4.69, 9.17) is 4.74 Å². The van der Waals surface area contributed by atoms with Gasteiger partial charge in [-0.1, -0.05) is 30.3 Å². The van der Waals surface area contributed by atoms with Gasteiger partial charge in [0, 0.05) is 12.7 Å². The van der Waals surface area contributed by atoms with Crippen molar-refractivity contribution >= 4 is 11.9 Å². The van der Waals surface area contributed by atoms with Crippen molar-refractivity contribution in [1.29, 1.82) is 0 Å². The van der Waals surface area contributed by atoms with E-state index in [0.29, 0.717) is 6.54 Å². The van der Waals surface area contributed by atoms with Crippen LogP contribution in [0.5, 0.6) is 0 Å². The zero-order valence-corrected chi connectivity index (χ0v) is 13.9. The number of esters is 1. The van der Waals surface area contributed by atoms with Crippen molar-refractivity contribution in [3.8, 4) is 5.82 Å². The average molecular weight is 352 g/mol. The van der Waals surface area contributed by atoms with E-state index in [1.807, 2.05) is 30.3 Å². The Kier molecular flexibility index (Phi) is 5.30. The molecule has 0 saturated heterocycles. The van der Waals surface area contributed by atoms with Crippen molar-refractivity contribution in [2.45, 2.75) is 6.54 Å². The van der Waals surface area contributed by atoms with Crippen LogP contribution < -0.4 is 16.5 Å². The van der Waals surface area contributed by atoms with E-state index >= 15 is 0 Å². The van der Waals surface area contributed by atoms with Crippen molar-refractivity contribution < 1.29 is 9.53 Å². The maximum atomic E-state index is 12.3. The summed E-state index contributed by atoms with van der Waals surface area (Å²) in [7, 11) is 1.25. The van der Waals surface area contributed by atoms with E-state index in [0.717, 1.165) is 10.1 Å². The first kappa shape index (κ1) is 17.2. The molecule has 1 aromatic carbocycles. The minimum atomic E-state index is -0.632. The van der Waals surface area contributed by atoms with Gasteiger partial charge in [-0.15, -0.1) is 0 Å². The Morgan fingerprint density at radius 1 is 1.15 bits per heavy atom. The van der Waals surface area contributed by atoms with Gasteiger partial charge in [-0.25, -0.2) is 29.5 Å². The standard InChI is InChI=1S/C17H16N6O3/c1-26-15(24)13-8-5-9-18-14(13)23-11-19-16(21-17(23)25)22-20-10-12-6-3-2-4-7-12/h2-9,11,20H,10H2,1H3,(H,21,22,25). The number of methoxy groups -OCH3 is 1. The summed E-state index contributed by atoms with van der Waals surface area (Å²) in [5, 5.41) is 0. The molecule has 26 heavy (non-hydrogen) atoms. The second-order valence-electron chi connectivity index (χ2n) is 5.16. The number of hydrogen-bond acceptors (Lipinski definition) is 8. The molecule has 0 radical (unpaired) electrons. The summed E-state index contributed by atoms with van der Waals surface area (Å²) in [6, 6.07) is 12.8. The quantitative estimate of drug-likeness (QED) is 0.498. The first-order chi connectivity index (χ1) is 12.7. The fourth-order valence-electron chi connectivity index (χ4n) is 2.22. The summed E-state index contributed by atoms with van der Waals surface area (Å²) in [5.74, 6) is -0.391. The van der Waals surface area contributed by atoms with Crippen molar-refractivity contribution in [3.63, 3.8) is 0 Å². The number of carbonyl (C=O) groups is 1. The summed E-state index contributed by atoms with van der Waals surface area (Å²) in [5.41, 5.74) is 6.26. The smallest absolute Gasteiger partial charge is 0.357 e. The SMILES string of the molecule is COC(=O)c1cccnc1-n1cnc(NNCc2ccccc2)nc1=O. The first-order valence-corrected chi connectivity index (χ1v) is 7.71. The molecule has 2 N–H and O–H groups in total. The van der Waals surface area contributed by atoms with Gasteiger partial charge < -0.3 is 4.74 Å². The third-order valence-corrected chi connectivity index (χ3v) is 3.46. The third kappa shape index (κ3) is 3.90. The second kappa shape index (κ2) is 7.99. The lowest BCUT2D eigenvalue weighted by Crippen LogP contribution is -2.29. The van der Waals surface area contributed by atoms with Gasteiger partial charge in [-0.2, -0.15) is 4.98 Å². The molecule has 0 atom stereocenters. The molecule has 3 rings (SSSR count). The average Bonchev–Trinajstić information content (AvgIpc) is 2.68. The minimum Gasteiger partial charge on any atom is -0.465 e. The molecular formula is C17H16N6O3. The number of carbonyl (C=O) groups excluding carboxylic acids is 1. The number of aromatic nitrogens is 4. The van der Waals surface area contributed by atoms with Crippen molar-refractivity contribution in [1.82, 2.24) is 24.9 Å². The topological polar surface area (TPSA) is 111 Å². The molecule has 2 heterocycles. The number of nitrogens with zero attached hydrogens (tertiary/aromatic N) is 4. The second-order valence-corrected chi connectivity index (χ2v) is 5.16.